The summed E-state index contributed by atoms with van der Waals surface area (Å²) >= 11 is 0. The van der Waals surface area contributed by atoms with Gasteiger partial charge in [0.1, 0.15) is 18.1 Å². The van der Waals surface area contributed by atoms with Crippen LogP contribution < -0.4 is 15.4 Å². The number of carbonyl (C=O) groups excluding carboxylic acids is 1. The third-order valence-electron chi connectivity index (χ3n) is 5.64. The number of hydrogen-bond donors (Lipinski definition) is 2. The standard InChI is InChI=1S/C25H29N5O2/c1-5-6-13-32-21-10-8-7-9-19(21)23-22(18(4)28-25-26-15-27-30(23)25)24(31)29-20-12-11-16(2)14-17(20)3/h7-12,14-15,23H,5-6,13H2,1-4H3,(H,29,31)(H,26,27,28). The first-order chi connectivity index (χ1) is 15.5. The molecule has 2 heterocycles. The molecule has 3 aromatic rings. The summed E-state index contributed by atoms with van der Waals surface area (Å²) < 4.78 is 7.84. The Morgan fingerprint density at radius 1 is 1.19 bits per heavy atom. The first-order valence-corrected chi connectivity index (χ1v) is 11.0. The van der Waals surface area contributed by atoms with Crippen molar-refractivity contribution in [2.24, 2.45) is 0 Å². The number of hydrogen-bond acceptors (Lipinski definition) is 5. The predicted molar refractivity (Wildman–Crippen MR) is 126 cm³/mol. The number of nitrogens with zero attached hydrogens (tertiary/aromatic N) is 3. The van der Waals surface area contributed by atoms with Crippen molar-refractivity contribution in [3.8, 4) is 5.75 Å². The lowest BCUT2D eigenvalue weighted by Crippen LogP contribution is -2.32. The predicted octanol–water partition coefficient (Wildman–Crippen LogP) is 5.00. The van der Waals surface area contributed by atoms with Gasteiger partial charge in [-0.25, -0.2) is 4.68 Å². The van der Waals surface area contributed by atoms with Crippen LogP contribution in [0.25, 0.3) is 0 Å². The summed E-state index contributed by atoms with van der Waals surface area (Å²) in [6, 6.07) is 13.4. The molecule has 1 aliphatic heterocycles. The van der Waals surface area contributed by atoms with Gasteiger partial charge in [-0.2, -0.15) is 10.1 Å². The second kappa shape index (κ2) is 9.26. The Labute approximate surface area is 188 Å². The van der Waals surface area contributed by atoms with E-state index in [2.05, 4.69) is 33.7 Å². The van der Waals surface area contributed by atoms with Crippen LogP contribution in [0.15, 0.2) is 60.1 Å². The van der Waals surface area contributed by atoms with Crippen LogP contribution in [-0.2, 0) is 4.79 Å². The van der Waals surface area contributed by atoms with Gasteiger partial charge in [-0.1, -0.05) is 49.2 Å². The van der Waals surface area contributed by atoms with E-state index in [0.29, 0.717) is 18.1 Å². The molecule has 0 aliphatic carbocycles. The molecule has 1 aliphatic rings. The average Bonchev–Trinajstić information content (AvgIpc) is 3.23. The number of benzene rings is 2. The van der Waals surface area contributed by atoms with Gasteiger partial charge >= 0.3 is 0 Å². The van der Waals surface area contributed by atoms with Gasteiger partial charge in [0.25, 0.3) is 5.91 Å². The van der Waals surface area contributed by atoms with Gasteiger partial charge in [-0.3, -0.25) is 4.79 Å². The normalized spacial score (nSPS) is 15.2. The van der Waals surface area contributed by atoms with Gasteiger partial charge in [0, 0.05) is 16.9 Å². The highest BCUT2D eigenvalue weighted by molar-refractivity contribution is 6.06. The van der Waals surface area contributed by atoms with Crippen LogP contribution in [0.1, 0.15) is 49.4 Å². The number of nitrogens with one attached hydrogen (secondary N) is 2. The summed E-state index contributed by atoms with van der Waals surface area (Å²) in [5, 5.41) is 10.7. The number of para-hydroxylation sites is 1. The number of carbonyl (C=O) groups is 1. The molecule has 2 aromatic carbocycles. The summed E-state index contributed by atoms with van der Waals surface area (Å²) in [6.07, 6.45) is 3.50. The van der Waals surface area contributed by atoms with Crippen molar-refractivity contribution in [2.75, 3.05) is 17.2 Å². The Bertz CT molecular complexity index is 1160. The van der Waals surface area contributed by atoms with Gasteiger partial charge in [-0.05, 0) is 44.9 Å². The van der Waals surface area contributed by atoms with Crippen molar-refractivity contribution in [1.82, 2.24) is 14.8 Å². The molecule has 0 saturated carbocycles. The minimum Gasteiger partial charge on any atom is -0.493 e. The van der Waals surface area contributed by atoms with E-state index in [1.54, 1.807) is 4.68 Å². The number of rotatable bonds is 7. The van der Waals surface area contributed by atoms with Crippen LogP contribution in [0.4, 0.5) is 11.6 Å². The molecule has 4 rings (SSSR count). The van der Waals surface area contributed by atoms with Crippen LogP contribution in [0.2, 0.25) is 0 Å². The summed E-state index contributed by atoms with van der Waals surface area (Å²) in [5.74, 6) is 1.16. The zero-order chi connectivity index (χ0) is 22.7. The first-order valence-electron chi connectivity index (χ1n) is 11.0. The van der Waals surface area contributed by atoms with E-state index in [1.807, 2.05) is 57.2 Å². The monoisotopic (exact) mass is 431 g/mol. The number of allylic oxidation sites excluding steroid dienone is 1. The third kappa shape index (κ3) is 4.23. The van der Waals surface area contributed by atoms with E-state index in [0.717, 1.165) is 46.7 Å². The van der Waals surface area contributed by atoms with Gasteiger partial charge in [0.15, 0.2) is 0 Å². The molecule has 1 aromatic heterocycles. The summed E-state index contributed by atoms with van der Waals surface area (Å²) in [5.41, 5.74) is 5.15. The largest absolute Gasteiger partial charge is 0.493 e. The minimum absolute atomic E-state index is 0.184. The Hall–Kier alpha value is -3.61. The third-order valence-corrected chi connectivity index (χ3v) is 5.64. The molecule has 0 spiro atoms. The van der Waals surface area contributed by atoms with Crippen molar-refractivity contribution in [1.29, 1.82) is 0 Å². The van der Waals surface area contributed by atoms with E-state index in [4.69, 9.17) is 4.74 Å². The van der Waals surface area contributed by atoms with Gasteiger partial charge in [-0.15, -0.1) is 0 Å². The van der Waals surface area contributed by atoms with Gasteiger partial charge in [0.05, 0.1) is 12.2 Å². The number of fused-ring (bicyclic) bond motifs is 1. The van der Waals surface area contributed by atoms with Crippen molar-refractivity contribution in [3.63, 3.8) is 0 Å². The number of unbranched alkanes of at least 4 members (excludes halogenated alkanes) is 1. The Balaban J connectivity index is 1.75. The average molecular weight is 432 g/mol. The van der Waals surface area contributed by atoms with Crippen LogP contribution in [-0.4, -0.2) is 27.3 Å². The van der Waals surface area contributed by atoms with E-state index in [9.17, 15) is 4.79 Å². The molecule has 1 unspecified atom stereocenters. The van der Waals surface area contributed by atoms with Gasteiger partial charge < -0.3 is 15.4 Å². The number of ether oxygens (including phenoxy) is 1. The van der Waals surface area contributed by atoms with Crippen molar-refractivity contribution >= 4 is 17.5 Å². The van der Waals surface area contributed by atoms with E-state index < -0.39 is 6.04 Å². The molecule has 1 amide bonds. The molecule has 0 saturated heterocycles. The minimum atomic E-state index is -0.461. The highest BCUT2D eigenvalue weighted by Crippen LogP contribution is 2.39. The van der Waals surface area contributed by atoms with Crippen molar-refractivity contribution in [2.45, 2.75) is 46.6 Å². The molecule has 7 heteroatoms. The fraction of sp³-hybridized carbons (Fsp3) is 0.320. The highest BCUT2D eigenvalue weighted by Gasteiger charge is 2.35. The molecule has 0 fully saturated rings. The fourth-order valence-electron chi connectivity index (χ4n) is 3.98. The number of amides is 1. The van der Waals surface area contributed by atoms with Crippen molar-refractivity contribution in [3.05, 3.63) is 76.8 Å². The van der Waals surface area contributed by atoms with Gasteiger partial charge in [0.2, 0.25) is 5.95 Å². The van der Waals surface area contributed by atoms with Crippen LogP contribution in [0, 0.1) is 13.8 Å². The molecular formula is C25H29N5O2. The SMILES string of the molecule is CCCCOc1ccccc1C1C(C(=O)Nc2ccc(C)cc2C)=C(C)Nc2ncnn21. The quantitative estimate of drug-likeness (QED) is 0.515. The van der Waals surface area contributed by atoms with E-state index in [-0.39, 0.29) is 5.91 Å². The lowest BCUT2D eigenvalue weighted by molar-refractivity contribution is -0.113. The number of anilines is 2. The zero-order valence-corrected chi connectivity index (χ0v) is 19.0. The lowest BCUT2D eigenvalue weighted by atomic mass is 9.94. The molecule has 1 atom stereocenters. The Morgan fingerprint density at radius 3 is 2.78 bits per heavy atom. The summed E-state index contributed by atoms with van der Waals surface area (Å²) in [7, 11) is 0. The maximum atomic E-state index is 13.6. The molecule has 32 heavy (non-hydrogen) atoms. The Kier molecular flexibility index (Phi) is 6.25. The van der Waals surface area contributed by atoms with Crippen LogP contribution >= 0.6 is 0 Å². The van der Waals surface area contributed by atoms with Crippen LogP contribution in [0.3, 0.4) is 0 Å². The first kappa shape index (κ1) is 21.6. The number of aryl methyl sites for hydroxylation is 2. The number of aromatic nitrogens is 3. The smallest absolute Gasteiger partial charge is 0.255 e. The molecule has 2 N–H and O–H groups in total. The maximum absolute atomic E-state index is 13.6. The van der Waals surface area contributed by atoms with E-state index in [1.165, 1.54) is 6.33 Å². The second-order valence-corrected chi connectivity index (χ2v) is 8.11. The summed E-state index contributed by atoms with van der Waals surface area (Å²) in [6.45, 7) is 8.67. The zero-order valence-electron chi connectivity index (χ0n) is 19.0. The van der Waals surface area contributed by atoms with Crippen molar-refractivity contribution < 1.29 is 9.53 Å². The lowest BCUT2D eigenvalue weighted by Gasteiger charge is -2.30. The summed E-state index contributed by atoms with van der Waals surface area (Å²) in [4.78, 5) is 17.9. The molecule has 166 valence electrons. The van der Waals surface area contributed by atoms with E-state index >= 15 is 0 Å². The second-order valence-electron chi connectivity index (χ2n) is 8.11. The van der Waals surface area contributed by atoms with Crippen LogP contribution in [0.5, 0.6) is 5.75 Å². The highest BCUT2D eigenvalue weighted by atomic mass is 16.5. The maximum Gasteiger partial charge on any atom is 0.255 e. The molecular weight excluding hydrogens is 402 g/mol. The molecule has 7 nitrogen and oxygen atoms in total. The Morgan fingerprint density at radius 2 is 2.00 bits per heavy atom. The fourth-order valence-corrected chi connectivity index (χ4v) is 3.98. The molecule has 0 bridgehead atoms. The topological polar surface area (TPSA) is 81.1 Å². The molecule has 0 radical (unpaired) electrons.